The number of carbonyl (C=O) groups is 1. The fourth-order valence-electron chi connectivity index (χ4n) is 1.87. The second kappa shape index (κ2) is 5.98. The maximum Gasteiger partial charge on any atom is 0.303 e. The van der Waals surface area contributed by atoms with Crippen LogP contribution in [0, 0.1) is 0 Å². The summed E-state index contributed by atoms with van der Waals surface area (Å²) in [5.41, 5.74) is 0. The van der Waals surface area contributed by atoms with Crippen molar-refractivity contribution in [3.63, 3.8) is 0 Å². The summed E-state index contributed by atoms with van der Waals surface area (Å²) >= 11 is 1.79. The first-order valence-electron chi connectivity index (χ1n) is 6.10. The number of fused-ring (bicyclic) bond motifs is 1. The van der Waals surface area contributed by atoms with Crippen LogP contribution in [0.2, 0.25) is 0 Å². The SMILES string of the molecule is CC(NCCCC(=O)O)c1cc2ccccc2s1. The lowest BCUT2D eigenvalue weighted by molar-refractivity contribution is -0.137. The summed E-state index contributed by atoms with van der Waals surface area (Å²) in [6, 6.07) is 10.8. The van der Waals surface area contributed by atoms with Crippen LogP contribution in [-0.4, -0.2) is 17.6 Å². The van der Waals surface area contributed by atoms with Crippen molar-refractivity contribution in [2.45, 2.75) is 25.8 Å². The largest absolute Gasteiger partial charge is 0.481 e. The first-order valence-corrected chi connectivity index (χ1v) is 6.92. The van der Waals surface area contributed by atoms with Gasteiger partial charge in [0.25, 0.3) is 0 Å². The number of nitrogens with one attached hydrogen (secondary N) is 1. The highest BCUT2D eigenvalue weighted by Gasteiger charge is 2.08. The summed E-state index contributed by atoms with van der Waals surface area (Å²) in [5, 5.41) is 13.2. The van der Waals surface area contributed by atoms with E-state index in [0.717, 1.165) is 6.54 Å². The van der Waals surface area contributed by atoms with Crippen molar-refractivity contribution in [2.75, 3.05) is 6.54 Å². The van der Waals surface area contributed by atoms with Crippen LogP contribution in [0.15, 0.2) is 30.3 Å². The maximum absolute atomic E-state index is 10.4. The van der Waals surface area contributed by atoms with Gasteiger partial charge in [0.1, 0.15) is 0 Å². The Bertz CT molecular complexity index is 502. The van der Waals surface area contributed by atoms with Gasteiger partial charge in [0.05, 0.1) is 0 Å². The van der Waals surface area contributed by atoms with Crippen molar-refractivity contribution in [1.82, 2.24) is 5.32 Å². The molecule has 2 rings (SSSR count). The maximum atomic E-state index is 10.4. The molecule has 1 atom stereocenters. The van der Waals surface area contributed by atoms with E-state index in [9.17, 15) is 4.79 Å². The second-order valence-electron chi connectivity index (χ2n) is 4.36. The molecule has 0 aliphatic carbocycles. The number of hydrogen-bond donors (Lipinski definition) is 2. The van der Waals surface area contributed by atoms with Gasteiger partial charge in [0, 0.05) is 22.0 Å². The van der Waals surface area contributed by atoms with Crippen molar-refractivity contribution in [2.24, 2.45) is 0 Å². The summed E-state index contributed by atoms with van der Waals surface area (Å²) in [7, 11) is 0. The minimum absolute atomic E-state index is 0.228. The number of carboxylic acid groups (broad SMARTS) is 1. The lowest BCUT2D eigenvalue weighted by atomic mass is 10.2. The quantitative estimate of drug-likeness (QED) is 0.785. The predicted octanol–water partition coefficient (Wildman–Crippen LogP) is 3.42. The minimum atomic E-state index is -0.730. The van der Waals surface area contributed by atoms with E-state index in [2.05, 4.69) is 30.4 Å². The number of aliphatic carboxylic acids is 1. The van der Waals surface area contributed by atoms with Gasteiger partial charge in [-0.15, -0.1) is 11.3 Å². The van der Waals surface area contributed by atoms with Gasteiger partial charge >= 0.3 is 5.97 Å². The molecule has 0 amide bonds. The smallest absolute Gasteiger partial charge is 0.303 e. The fraction of sp³-hybridized carbons (Fsp3) is 0.357. The Balaban J connectivity index is 1.92. The van der Waals surface area contributed by atoms with Gasteiger partial charge in [-0.3, -0.25) is 4.79 Å². The molecule has 0 aliphatic heterocycles. The highest BCUT2D eigenvalue weighted by molar-refractivity contribution is 7.19. The molecule has 0 bridgehead atoms. The van der Waals surface area contributed by atoms with Crippen LogP contribution < -0.4 is 5.32 Å². The third-order valence-electron chi connectivity index (χ3n) is 2.89. The van der Waals surface area contributed by atoms with Crippen molar-refractivity contribution in [1.29, 1.82) is 0 Å². The molecule has 1 aromatic carbocycles. The predicted molar refractivity (Wildman–Crippen MR) is 75.1 cm³/mol. The molecule has 0 saturated heterocycles. The molecular formula is C14H17NO2S. The van der Waals surface area contributed by atoms with Gasteiger partial charge < -0.3 is 10.4 Å². The molecule has 2 N–H and O–H groups in total. The Morgan fingerprint density at radius 1 is 1.44 bits per heavy atom. The second-order valence-corrected chi connectivity index (χ2v) is 5.48. The number of carboxylic acids is 1. The summed E-state index contributed by atoms with van der Waals surface area (Å²) in [4.78, 5) is 11.7. The van der Waals surface area contributed by atoms with Gasteiger partial charge in [-0.05, 0) is 37.4 Å². The van der Waals surface area contributed by atoms with Crippen molar-refractivity contribution >= 4 is 27.4 Å². The minimum Gasteiger partial charge on any atom is -0.481 e. The molecule has 96 valence electrons. The van der Waals surface area contributed by atoms with Gasteiger partial charge in [-0.2, -0.15) is 0 Å². The molecule has 1 aromatic heterocycles. The highest BCUT2D eigenvalue weighted by Crippen LogP contribution is 2.29. The van der Waals surface area contributed by atoms with Crippen LogP contribution in [0.3, 0.4) is 0 Å². The topological polar surface area (TPSA) is 49.3 Å². The van der Waals surface area contributed by atoms with Crippen LogP contribution in [0.1, 0.15) is 30.7 Å². The van der Waals surface area contributed by atoms with Crippen LogP contribution >= 0.6 is 11.3 Å². The molecule has 0 aliphatic rings. The number of thiophene rings is 1. The first-order chi connectivity index (χ1) is 8.66. The van der Waals surface area contributed by atoms with E-state index in [-0.39, 0.29) is 12.5 Å². The summed E-state index contributed by atoms with van der Waals surface area (Å²) in [6.45, 7) is 2.85. The zero-order valence-electron chi connectivity index (χ0n) is 10.3. The highest BCUT2D eigenvalue weighted by atomic mass is 32.1. The van der Waals surface area contributed by atoms with Crippen molar-refractivity contribution < 1.29 is 9.90 Å². The Morgan fingerprint density at radius 3 is 2.94 bits per heavy atom. The number of hydrogen-bond acceptors (Lipinski definition) is 3. The Morgan fingerprint density at radius 2 is 2.22 bits per heavy atom. The fourth-order valence-corrected chi connectivity index (χ4v) is 2.97. The van der Waals surface area contributed by atoms with E-state index in [4.69, 9.17) is 5.11 Å². The zero-order chi connectivity index (χ0) is 13.0. The molecule has 0 spiro atoms. The van der Waals surface area contributed by atoms with Crippen LogP contribution in [0.4, 0.5) is 0 Å². The van der Waals surface area contributed by atoms with Crippen LogP contribution in [-0.2, 0) is 4.79 Å². The lowest BCUT2D eigenvalue weighted by Gasteiger charge is -2.10. The van der Waals surface area contributed by atoms with Gasteiger partial charge in [0.15, 0.2) is 0 Å². The molecule has 1 unspecified atom stereocenters. The number of rotatable bonds is 6. The molecule has 3 nitrogen and oxygen atoms in total. The van der Waals surface area contributed by atoms with E-state index in [1.807, 2.05) is 12.1 Å². The molecule has 0 fully saturated rings. The standard InChI is InChI=1S/C14H17NO2S/c1-10(15-8-4-7-14(16)17)13-9-11-5-2-3-6-12(11)18-13/h2-3,5-6,9-10,15H,4,7-8H2,1H3,(H,16,17). The van der Waals surface area contributed by atoms with Crippen molar-refractivity contribution in [3.8, 4) is 0 Å². The third kappa shape index (κ3) is 3.31. The molecule has 0 saturated carbocycles. The van der Waals surface area contributed by atoms with E-state index in [1.54, 1.807) is 11.3 Å². The van der Waals surface area contributed by atoms with Crippen LogP contribution in [0.25, 0.3) is 10.1 Å². The first kappa shape index (κ1) is 13.1. The molecule has 4 heteroatoms. The molecule has 0 radical (unpaired) electrons. The Hall–Kier alpha value is -1.39. The van der Waals surface area contributed by atoms with Crippen molar-refractivity contribution in [3.05, 3.63) is 35.2 Å². The van der Waals surface area contributed by atoms with Gasteiger partial charge in [-0.1, -0.05) is 18.2 Å². The van der Waals surface area contributed by atoms with E-state index in [0.29, 0.717) is 6.42 Å². The van der Waals surface area contributed by atoms with E-state index < -0.39 is 5.97 Å². The third-order valence-corrected chi connectivity index (χ3v) is 4.19. The van der Waals surface area contributed by atoms with Gasteiger partial charge in [0.2, 0.25) is 0 Å². The molecule has 1 heterocycles. The summed E-state index contributed by atoms with van der Waals surface area (Å²) in [6.07, 6.45) is 0.900. The normalized spacial score (nSPS) is 12.7. The van der Waals surface area contributed by atoms with Crippen LogP contribution in [0.5, 0.6) is 0 Å². The summed E-state index contributed by atoms with van der Waals surface area (Å²) < 4.78 is 1.30. The average Bonchev–Trinajstić information content (AvgIpc) is 2.78. The Labute approximate surface area is 110 Å². The summed E-state index contributed by atoms with van der Waals surface area (Å²) in [5.74, 6) is -0.730. The molecular weight excluding hydrogens is 246 g/mol. The van der Waals surface area contributed by atoms with E-state index >= 15 is 0 Å². The molecule has 18 heavy (non-hydrogen) atoms. The zero-order valence-corrected chi connectivity index (χ0v) is 11.2. The van der Waals surface area contributed by atoms with Gasteiger partial charge in [-0.25, -0.2) is 0 Å². The lowest BCUT2D eigenvalue weighted by Crippen LogP contribution is -2.19. The van der Waals surface area contributed by atoms with E-state index in [1.165, 1.54) is 15.0 Å². The molecule has 2 aromatic rings. The number of benzene rings is 1. The Kier molecular flexibility index (Phi) is 4.33. The monoisotopic (exact) mass is 263 g/mol. The average molecular weight is 263 g/mol.